The first-order valence-electron chi connectivity index (χ1n) is 16.3. The number of hydrogen-bond acceptors (Lipinski definition) is 0. The van der Waals surface area contributed by atoms with Gasteiger partial charge in [-0.1, -0.05) is 107 Å². The van der Waals surface area contributed by atoms with Crippen LogP contribution in [0.4, 0.5) is 0 Å². The SMILES string of the molecule is CCc1ccccc1-c1cc(C(C)(C)C)cc[n+]1CC[n+]1ccc2c(ccc3c4ccccc4ccc23)c1-c1ccccc1C. The predicted octanol–water partition coefficient (Wildman–Crippen LogP) is 9.92. The van der Waals surface area contributed by atoms with Crippen molar-refractivity contribution in [3.63, 3.8) is 0 Å². The number of benzene rings is 5. The summed E-state index contributed by atoms with van der Waals surface area (Å²) in [6.07, 6.45) is 5.62. The molecule has 0 aliphatic carbocycles. The molecule has 2 heteroatoms. The van der Waals surface area contributed by atoms with E-state index in [2.05, 4.69) is 171 Å². The summed E-state index contributed by atoms with van der Waals surface area (Å²) >= 11 is 0. The van der Waals surface area contributed by atoms with Crippen molar-refractivity contribution in [3.05, 3.63) is 144 Å². The van der Waals surface area contributed by atoms with E-state index in [0.717, 1.165) is 19.5 Å². The van der Waals surface area contributed by atoms with Crippen LogP contribution in [0.2, 0.25) is 0 Å². The molecular weight excluding hydrogens is 544 g/mol. The lowest BCUT2D eigenvalue weighted by Gasteiger charge is -2.19. The molecule has 0 atom stereocenters. The normalized spacial score (nSPS) is 11.9. The highest BCUT2D eigenvalue weighted by Crippen LogP contribution is 2.35. The van der Waals surface area contributed by atoms with E-state index in [1.807, 2.05) is 0 Å². The van der Waals surface area contributed by atoms with Crippen LogP contribution in [0.1, 0.15) is 44.4 Å². The summed E-state index contributed by atoms with van der Waals surface area (Å²) in [5, 5.41) is 7.79. The van der Waals surface area contributed by atoms with E-state index < -0.39 is 0 Å². The molecule has 0 aliphatic heterocycles. The Morgan fingerprint density at radius 1 is 0.556 bits per heavy atom. The highest BCUT2D eigenvalue weighted by Gasteiger charge is 2.25. The van der Waals surface area contributed by atoms with Gasteiger partial charge in [0.2, 0.25) is 24.5 Å². The fraction of sp³-hybridized carbons (Fsp3) is 0.209. The van der Waals surface area contributed by atoms with Gasteiger partial charge in [0.25, 0.3) is 0 Å². The standard InChI is InChI=1S/C43H42N2/c1-6-31-14-8-12-18-36(31)41-29-33(43(3,4)5)23-25-44(41)27-28-45-26-24-39-38-20-19-32-15-9-11-17-35(32)37(38)21-22-40(39)42(45)34-16-10-7-13-30(34)2/h7-26,29H,6,27-28H2,1-5H3/q+2. The Balaban J connectivity index is 1.39. The second kappa shape index (κ2) is 11.6. The third kappa shape index (κ3) is 5.29. The van der Waals surface area contributed by atoms with E-state index in [9.17, 15) is 0 Å². The minimum Gasteiger partial charge on any atom is -0.192 e. The Morgan fingerprint density at radius 2 is 1.18 bits per heavy atom. The van der Waals surface area contributed by atoms with E-state index in [1.54, 1.807) is 0 Å². The summed E-state index contributed by atoms with van der Waals surface area (Å²) in [6.45, 7) is 13.1. The Morgan fingerprint density at radius 3 is 1.98 bits per heavy atom. The van der Waals surface area contributed by atoms with E-state index >= 15 is 0 Å². The molecule has 7 aromatic rings. The molecule has 2 nitrogen and oxygen atoms in total. The van der Waals surface area contributed by atoms with Crippen molar-refractivity contribution < 1.29 is 9.13 Å². The van der Waals surface area contributed by atoms with Gasteiger partial charge in [-0.25, -0.2) is 0 Å². The molecule has 0 bridgehead atoms. The number of hydrogen-bond donors (Lipinski definition) is 0. The lowest BCUT2D eigenvalue weighted by Crippen LogP contribution is -2.47. The van der Waals surface area contributed by atoms with Gasteiger partial charge in [0, 0.05) is 34.7 Å². The van der Waals surface area contributed by atoms with Crippen molar-refractivity contribution >= 4 is 32.3 Å². The lowest BCUT2D eigenvalue weighted by atomic mass is 9.86. The van der Waals surface area contributed by atoms with Gasteiger partial charge in [0.1, 0.15) is 0 Å². The lowest BCUT2D eigenvalue weighted by molar-refractivity contribution is -0.768. The van der Waals surface area contributed by atoms with Crippen molar-refractivity contribution in [1.82, 2.24) is 0 Å². The predicted molar refractivity (Wildman–Crippen MR) is 189 cm³/mol. The van der Waals surface area contributed by atoms with Crippen molar-refractivity contribution in [2.45, 2.75) is 59.5 Å². The molecule has 0 saturated heterocycles. The monoisotopic (exact) mass is 586 g/mol. The van der Waals surface area contributed by atoms with E-state index in [0.29, 0.717) is 0 Å². The Kier molecular flexibility index (Phi) is 7.45. The second-order valence-electron chi connectivity index (χ2n) is 13.3. The summed E-state index contributed by atoms with van der Waals surface area (Å²) in [7, 11) is 0. The van der Waals surface area contributed by atoms with Crippen LogP contribution in [0.5, 0.6) is 0 Å². The highest BCUT2D eigenvalue weighted by atomic mass is 15.0. The zero-order chi connectivity index (χ0) is 31.1. The summed E-state index contributed by atoms with van der Waals surface area (Å²) in [4.78, 5) is 0. The molecule has 2 aromatic heterocycles. The van der Waals surface area contributed by atoms with Crippen LogP contribution in [0.3, 0.4) is 0 Å². The molecule has 0 unspecified atom stereocenters. The molecule has 0 fully saturated rings. The first-order valence-corrected chi connectivity index (χ1v) is 16.3. The first-order chi connectivity index (χ1) is 21.8. The molecule has 0 spiro atoms. The summed E-state index contributed by atoms with van der Waals surface area (Å²) in [5.41, 5.74) is 9.29. The summed E-state index contributed by atoms with van der Waals surface area (Å²) in [5.74, 6) is 0. The fourth-order valence-corrected chi connectivity index (χ4v) is 6.93. The smallest absolute Gasteiger partial charge is 0.192 e. The highest BCUT2D eigenvalue weighted by molar-refractivity contribution is 6.18. The fourth-order valence-electron chi connectivity index (χ4n) is 6.93. The average molecular weight is 587 g/mol. The maximum Gasteiger partial charge on any atom is 0.220 e. The van der Waals surface area contributed by atoms with Gasteiger partial charge in [-0.3, -0.25) is 0 Å². The van der Waals surface area contributed by atoms with Crippen LogP contribution >= 0.6 is 0 Å². The molecule has 0 saturated carbocycles. The number of nitrogens with zero attached hydrogens (tertiary/aromatic N) is 2. The number of rotatable bonds is 6. The van der Waals surface area contributed by atoms with Gasteiger partial charge >= 0.3 is 0 Å². The maximum atomic E-state index is 2.47. The van der Waals surface area contributed by atoms with Crippen LogP contribution in [0.15, 0.2) is 128 Å². The molecule has 2 heterocycles. The maximum absolute atomic E-state index is 2.47. The van der Waals surface area contributed by atoms with Crippen LogP contribution in [0.25, 0.3) is 54.8 Å². The number of fused-ring (bicyclic) bond motifs is 5. The third-order valence-corrected chi connectivity index (χ3v) is 9.49. The van der Waals surface area contributed by atoms with E-state index in [4.69, 9.17) is 0 Å². The van der Waals surface area contributed by atoms with Gasteiger partial charge in [0.05, 0.1) is 5.39 Å². The van der Waals surface area contributed by atoms with Gasteiger partial charge in [-0.15, -0.1) is 0 Å². The summed E-state index contributed by atoms with van der Waals surface area (Å²) in [6, 6.07) is 42.7. The number of pyridine rings is 2. The molecule has 0 radical (unpaired) electrons. The molecule has 0 amide bonds. The van der Waals surface area contributed by atoms with Crippen LogP contribution in [0, 0.1) is 6.92 Å². The first kappa shape index (κ1) is 28.9. The van der Waals surface area contributed by atoms with E-state index in [-0.39, 0.29) is 5.41 Å². The summed E-state index contributed by atoms with van der Waals surface area (Å²) < 4.78 is 4.92. The number of aromatic nitrogens is 2. The van der Waals surface area contributed by atoms with Crippen LogP contribution < -0.4 is 9.13 Å². The van der Waals surface area contributed by atoms with E-state index in [1.165, 1.54) is 71.5 Å². The molecule has 222 valence electrons. The minimum atomic E-state index is 0.0776. The second-order valence-corrected chi connectivity index (χ2v) is 13.3. The topological polar surface area (TPSA) is 7.76 Å². The van der Waals surface area contributed by atoms with Gasteiger partial charge < -0.3 is 0 Å². The molecule has 7 rings (SSSR count). The average Bonchev–Trinajstić information content (AvgIpc) is 3.06. The Hall–Kier alpha value is -4.82. The molecule has 0 aliphatic rings. The number of aryl methyl sites for hydroxylation is 4. The molecule has 5 aromatic carbocycles. The van der Waals surface area contributed by atoms with Gasteiger partial charge in [0.15, 0.2) is 12.4 Å². The van der Waals surface area contributed by atoms with Crippen molar-refractivity contribution in [1.29, 1.82) is 0 Å². The molecule has 45 heavy (non-hydrogen) atoms. The molecule has 0 N–H and O–H groups in total. The zero-order valence-corrected chi connectivity index (χ0v) is 27.1. The van der Waals surface area contributed by atoms with Crippen LogP contribution in [-0.4, -0.2) is 0 Å². The quantitative estimate of drug-likeness (QED) is 0.135. The Labute approximate surface area is 267 Å². The van der Waals surface area contributed by atoms with Gasteiger partial charge in [-0.05, 0) is 75.2 Å². The largest absolute Gasteiger partial charge is 0.220 e. The zero-order valence-electron chi connectivity index (χ0n) is 27.1. The third-order valence-electron chi connectivity index (χ3n) is 9.49. The Bertz CT molecular complexity index is 2200. The molecular formula is C43H42N2+2. The van der Waals surface area contributed by atoms with Gasteiger partial charge in [-0.2, -0.15) is 9.13 Å². The van der Waals surface area contributed by atoms with Crippen LogP contribution in [-0.2, 0) is 24.9 Å². The van der Waals surface area contributed by atoms with Crippen molar-refractivity contribution in [2.24, 2.45) is 0 Å². The van der Waals surface area contributed by atoms with Crippen molar-refractivity contribution in [2.75, 3.05) is 0 Å². The minimum absolute atomic E-state index is 0.0776. The van der Waals surface area contributed by atoms with Crippen molar-refractivity contribution in [3.8, 4) is 22.5 Å².